The molecule has 0 bridgehead atoms. The Morgan fingerprint density at radius 3 is 2.40 bits per heavy atom. The van der Waals surface area contributed by atoms with E-state index in [1.165, 1.54) is 7.11 Å². The zero-order valence-corrected chi connectivity index (χ0v) is 25.5. The maximum Gasteiger partial charge on any atom is 0.474 e. The summed E-state index contributed by atoms with van der Waals surface area (Å²) >= 11 is 0. The molecule has 4 N–H and O–H groups in total. The molecule has 2 unspecified atom stereocenters. The molecule has 1 aromatic carbocycles. The number of H-pyrrole nitrogens is 1. The number of phosphoric ester groups is 1. The van der Waals surface area contributed by atoms with Crippen molar-refractivity contribution in [3.63, 3.8) is 0 Å². The second-order valence-electron chi connectivity index (χ2n) is 10.4. The lowest BCUT2D eigenvalue weighted by atomic mass is 9.95. The molecule has 0 saturated carbocycles. The third kappa shape index (κ3) is 8.41. The Bertz CT molecular complexity index is 1400. The molecule has 0 spiro atoms. The van der Waals surface area contributed by atoms with Crippen molar-refractivity contribution in [2.45, 2.75) is 45.2 Å². The number of phosphoric acid groups is 1. The van der Waals surface area contributed by atoms with Gasteiger partial charge >= 0.3 is 13.9 Å². The predicted molar refractivity (Wildman–Crippen MR) is 153 cm³/mol. The van der Waals surface area contributed by atoms with Gasteiger partial charge in [0, 0.05) is 37.6 Å². The van der Waals surface area contributed by atoms with Crippen molar-refractivity contribution in [3.05, 3.63) is 30.0 Å². The van der Waals surface area contributed by atoms with Crippen LogP contribution in [0.3, 0.4) is 0 Å². The molecule has 236 valence electrons. The summed E-state index contributed by atoms with van der Waals surface area (Å²) in [6, 6.07) is 4.44. The molecule has 2 aromatic rings. The largest absolute Gasteiger partial charge is 0.496 e. The third-order valence-corrected chi connectivity index (χ3v) is 8.34. The minimum atomic E-state index is -4.05. The second-order valence-corrected chi connectivity index (χ2v) is 12.3. The lowest BCUT2D eigenvalue weighted by Gasteiger charge is -2.25. The van der Waals surface area contributed by atoms with Crippen molar-refractivity contribution in [1.82, 2.24) is 20.5 Å². The Morgan fingerprint density at radius 2 is 1.81 bits per heavy atom. The van der Waals surface area contributed by atoms with E-state index < -0.39 is 62.0 Å². The highest BCUT2D eigenvalue weighted by molar-refractivity contribution is 7.48. The molecule has 1 aliphatic rings. The second kappa shape index (κ2) is 14.6. The van der Waals surface area contributed by atoms with E-state index in [1.807, 2.05) is 13.8 Å². The van der Waals surface area contributed by atoms with Gasteiger partial charge in [-0.3, -0.25) is 32.7 Å². The summed E-state index contributed by atoms with van der Waals surface area (Å²) in [5.74, 6) is -3.14. The quantitative estimate of drug-likeness (QED) is 0.212. The highest BCUT2D eigenvalue weighted by atomic mass is 31.2. The summed E-state index contributed by atoms with van der Waals surface area (Å²) in [6.07, 6.45) is -1.32. The Morgan fingerprint density at radius 1 is 1.12 bits per heavy atom. The molecule has 2 heterocycles. The van der Waals surface area contributed by atoms with Crippen molar-refractivity contribution in [2.75, 3.05) is 34.5 Å². The van der Waals surface area contributed by atoms with Crippen molar-refractivity contribution >= 4 is 48.3 Å². The predicted octanol–water partition coefficient (Wildman–Crippen LogP) is 2.71. The summed E-state index contributed by atoms with van der Waals surface area (Å²) in [7, 11) is -0.409. The zero-order chi connectivity index (χ0) is 31.9. The standard InChI is InChI=1S/C27H37N4O11P/c1-15(2)11-20(30-25(34)21-13-17-18(28-21)7-6-8-23(17)39-3)24(33)29-19(22(32)14-42-43(38,40-4)41-5)12-16-9-10-31(26(16)35)27(36)37/h6-8,13,15-16,19-20,28H,9-12,14H2,1-5H3,(H,29,33)(H,30,34)(H,36,37)/t16-,19?,20?/m0/s1. The number of rotatable bonds is 15. The molecule has 16 heteroatoms. The van der Waals surface area contributed by atoms with Crippen LogP contribution >= 0.6 is 7.82 Å². The number of nitrogens with zero attached hydrogens (tertiary/aromatic N) is 1. The Labute approximate surface area is 248 Å². The minimum Gasteiger partial charge on any atom is -0.496 e. The van der Waals surface area contributed by atoms with Crippen LogP contribution in [0.1, 0.15) is 43.6 Å². The average molecular weight is 625 g/mol. The Kier molecular flexibility index (Phi) is 11.4. The average Bonchev–Trinajstić information content (AvgIpc) is 3.58. The molecule has 1 fully saturated rings. The van der Waals surface area contributed by atoms with Crippen molar-refractivity contribution in [1.29, 1.82) is 0 Å². The van der Waals surface area contributed by atoms with Crippen LogP contribution in [0.15, 0.2) is 24.3 Å². The number of imide groups is 1. The van der Waals surface area contributed by atoms with E-state index >= 15 is 0 Å². The molecular formula is C27H37N4O11P. The monoisotopic (exact) mass is 624 g/mol. The number of hydrogen-bond donors (Lipinski definition) is 4. The highest BCUT2D eigenvalue weighted by Gasteiger charge is 2.39. The molecule has 1 saturated heterocycles. The van der Waals surface area contributed by atoms with E-state index in [9.17, 15) is 33.6 Å². The number of ketones is 1. The van der Waals surface area contributed by atoms with Gasteiger partial charge in [-0.2, -0.15) is 0 Å². The fraction of sp³-hybridized carbons (Fsp3) is 0.519. The van der Waals surface area contributed by atoms with Gasteiger partial charge in [0.2, 0.25) is 11.8 Å². The highest BCUT2D eigenvalue weighted by Crippen LogP contribution is 2.47. The number of likely N-dealkylation sites (tertiary alicyclic amines) is 1. The molecule has 3 atom stereocenters. The number of hydrogen-bond acceptors (Lipinski definition) is 10. The molecule has 0 radical (unpaired) electrons. The number of carbonyl (C=O) groups is 5. The van der Waals surface area contributed by atoms with E-state index in [1.54, 1.807) is 24.3 Å². The summed E-state index contributed by atoms with van der Waals surface area (Å²) in [6.45, 7) is 2.84. The summed E-state index contributed by atoms with van der Waals surface area (Å²) in [5, 5.41) is 15.2. The topological polar surface area (TPSA) is 203 Å². The number of ether oxygens (including phenoxy) is 1. The number of Topliss-reactive ketones (excluding diaryl/α,β-unsaturated/α-hetero) is 1. The van der Waals surface area contributed by atoms with Crippen LogP contribution in [0.5, 0.6) is 5.75 Å². The zero-order valence-electron chi connectivity index (χ0n) is 24.6. The van der Waals surface area contributed by atoms with Gasteiger partial charge in [0.1, 0.15) is 24.1 Å². The van der Waals surface area contributed by atoms with E-state index in [-0.39, 0.29) is 37.4 Å². The maximum atomic E-state index is 13.5. The van der Waals surface area contributed by atoms with Crippen molar-refractivity contribution in [3.8, 4) is 5.75 Å². The Hall–Kier alpha value is -3.78. The van der Waals surface area contributed by atoms with Gasteiger partial charge in [-0.1, -0.05) is 19.9 Å². The molecule has 1 aliphatic heterocycles. The van der Waals surface area contributed by atoms with E-state index in [0.29, 0.717) is 21.6 Å². The number of aromatic nitrogens is 1. The number of fused-ring (bicyclic) bond motifs is 1. The fourth-order valence-corrected chi connectivity index (χ4v) is 5.41. The van der Waals surface area contributed by atoms with Crippen LogP contribution in [0.25, 0.3) is 10.9 Å². The van der Waals surface area contributed by atoms with Gasteiger partial charge in [-0.15, -0.1) is 0 Å². The summed E-state index contributed by atoms with van der Waals surface area (Å²) in [4.78, 5) is 67.6. The van der Waals surface area contributed by atoms with E-state index in [0.717, 1.165) is 14.2 Å². The number of methoxy groups -OCH3 is 1. The summed E-state index contributed by atoms with van der Waals surface area (Å²) < 4.78 is 32.1. The molecule has 3 rings (SSSR count). The van der Waals surface area contributed by atoms with Gasteiger partial charge in [0.25, 0.3) is 5.91 Å². The number of nitrogens with one attached hydrogen (secondary N) is 3. The molecular weight excluding hydrogens is 587 g/mol. The molecule has 0 aliphatic carbocycles. The normalized spacial score (nSPS) is 16.7. The SMILES string of the molecule is COc1cccc2[nH]c(C(=O)NC(CC(C)C)C(=O)NC(C[C@@H]3CCN(C(=O)O)C3=O)C(=O)COP(=O)(OC)OC)cc12. The van der Waals surface area contributed by atoms with Gasteiger partial charge in [-0.05, 0) is 43.4 Å². The van der Waals surface area contributed by atoms with Crippen LogP contribution in [0.4, 0.5) is 4.79 Å². The van der Waals surface area contributed by atoms with E-state index in [2.05, 4.69) is 24.7 Å². The lowest BCUT2D eigenvalue weighted by molar-refractivity contribution is -0.133. The first-order chi connectivity index (χ1) is 20.3. The van der Waals surface area contributed by atoms with Crippen LogP contribution in [-0.4, -0.2) is 91.2 Å². The first kappa shape index (κ1) is 33.7. The fourth-order valence-electron chi connectivity index (χ4n) is 4.77. The molecule has 15 nitrogen and oxygen atoms in total. The minimum absolute atomic E-state index is 0.0498. The Balaban J connectivity index is 1.82. The van der Waals surface area contributed by atoms with E-state index in [4.69, 9.17) is 9.26 Å². The van der Waals surface area contributed by atoms with Crippen molar-refractivity contribution in [2.24, 2.45) is 11.8 Å². The van der Waals surface area contributed by atoms with Crippen LogP contribution in [-0.2, 0) is 32.5 Å². The summed E-state index contributed by atoms with van der Waals surface area (Å²) in [5.41, 5.74) is 0.836. The number of carbonyl (C=O) groups excluding carboxylic acids is 4. The number of amides is 4. The maximum absolute atomic E-state index is 13.5. The van der Waals surface area contributed by atoms with Gasteiger partial charge in [-0.25, -0.2) is 14.3 Å². The molecule has 43 heavy (non-hydrogen) atoms. The first-order valence-electron chi connectivity index (χ1n) is 13.5. The van der Waals surface area contributed by atoms with Gasteiger partial charge < -0.3 is 25.5 Å². The van der Waals surface area contributed by atoms with Crippen LogP contribution < -0.4 is 15.4 Å². The van der Waals surface area contributed by atoms with Crippen LogP contribution in [0.2, 0.25) is 0 Å². The number of benzene rings is 1. The third-order valence-electron chi connectivity index (χ3n) is 7.00. The van der Waals surface area contributed by atoms with Gasteiger partial charge in [0.05, 0.1) is 13.2 Å². The van der Waals surface area contributed by atoms with Crippen LogP contribution in [0, 0.1) is 11.8 Å². The first-order valence-corrected chi connectivity index (χ1v) is 15.0. The number of aromatic amines is 1. The lowest BCUT2D eigenvalue weighted by Crippen LogP contribution is -2.53. The smallest absolute Gasteiger partial charge is 0.474 e. The van der Waals surface area contributed by atoms with Crippen molar-refractivity contribution < 1.29 is 52.0 Å². The molecule has 4 amide bonds. The number of carboxylic acid groups (broad SMARTS) is 1. The van der Waals surface area contributed by atoms with Gasteiger partial charge in [0.15, 0.2) is 5.78 Å². The molecule has 1 aromatic heterocycles.